The predicted molar refractivity (Wildman–Crippen MR) is 59.5 cm³/mol. The molecule has 1 N–H and O–H groups in total. The SMILES string of the molecule is O=[N+]([O-])c1cc(Cl)nn1CC1CCNCC1. The molecule has 0 unspecified atom stereocenters. The van der Waals surface area contributed by atoms with Crippen LogP contribution in [-0.2, 0) is 6.54 Å². The minimum absolute atomic E-state index is 0.0245. The van der Waals surface area contributed by atoms with Crippen LogP contribution in [0.3, 0.4) is 0 Å². The number of aromatic nitrogens is 2. The lowest BCUT2D eigenvalue weighted by Gasteiger charge is -2.20. The van der Waals surface area contributed by atoms with Gasteiger partial charge in [-0.2, -0.15) is 0 Å². The van der Waals surface area contributed by atoms with Gasteiger partial charge in [0.15, 0.2) is 5.15 Å². The van der Waals surface area contributed by atoms with Crippen LogP contribution in [0.5, 0.6) is 0 Å². The molecular weight excluding hydrogens is 232 g/mol. The van der Waals surface area contributed by atoms with Crippen LogP contribution in [0.25, 0.3) is 0 Å². The lowest BCUT2D eigenvalue weighted by molar-refractivity contribution is -0.392. The number of rotatable bonds is 3. The van der Waals surface area contributed by atoms with Gasteiger partial charge in [-0.1, -0.05) is 16.7 Å². The molecular formula is C9H13ClN4O2. The summed E-state index contributed by atoms with van der Waals surface area (Å²) in [6, 6.07) is 1.29. The second-order valence-corrected chi connectivity index (χ2v) is 4.35. The number of hydrogen-bond acceptors (Lipinski definition) is 4. The largest absolute Gasteiger partial charge is 0.358 e. The average molecular weight is 245 g/mol. The van der Waals surface area contributed by atoms with Gasteiger partial charge in [-0.15, -0.1) is 4.68 Å². The molecule has 1 aromatic heterocycles. The van der Waals surface area contributed by atoms with Crippen LogP contribution in [0, 0.1) is 16.0 Å². The van der Waals surface area contributed by atoms with Crippen molar-refractivity contribution in [2.24, 2.45) is 5.92 Å². The van der Waals surface area contributed by atoms with Crippen LogP contribution in [0.1, 0.15) is 12.8 Å². The van der Waals surface area contributed by atoms with Gasteiger partial charge in [0.1, 0.15) is 6.54 Å². The Bertz CT molecular complexity index is 387. The van der Waals surface area contributed by atoms with Crippen LogP contribution in [0.15, 0.2) is 6.07 Å². The Hall–Kier alpha value is -1.14. The average Bonchev–Trinajstić information content (AvgIpc) is 2.61. The van der Waals surface area contributed by atoms with Crippen LogP contribution >= 0.6 is 11.6 Å². The third-order valence-corrected chi connectivity index (χ3v) is 2.99. The maximum absolute atomic E-state index is 10.8. The van der Waals surface area contributed by atoms with E-state index in [1.807, 2.05) is 0 Å². The molecule has 1 saturated heterocycles. The summed E-state index contributed by atoms with van der Waals surface area (Å²) in [4.78, 5) is 10.3. The van der Waals surface area contributed by atoms with Gasteiger partial charge in [0.2, 0.25) is 0 Å². The fourth-order valence-electron chi connectivity index (χ4n) is 1.97. The van der Waals surface area contributed by atoms with Crippen LogP contribution in [-0.4, -0.2) is 27.8 Å². The molecule has 0 saturated carbocycles. The van der Waals surface area contributed by atoms with Gasteiger partial charge >= 0.3 is 5.82 Å². The second kappa shape index (κ2) is 4.80. The first kappa shape index (κ1) is 11.3. The van der Waals surface area contributed by atoms with Crippen molar-refractivity contribution in [2.45, 2.75) is 19.4 Å². The van der Waals surface area contributed by atoms with E-state index in [0.29, 0.717) is 12.5 Å². The van der Waals surface area contributed by atoms with Crippen molar-refractivity contribution in [3.05, 3.63) is 21.3 Å². The maximum atomic E-state index is 10.8. The van der Waals surface area contributed by atoms with E-state index in [9.17, 15) is 10.1 Å². The minimum atomic E-state index is -0.444. The van der Waals surface area contributed by atoms with Crippen molar-refractivity contribution in [3.8, 4) is 0 Å². The summed E-state index contributed by atoms with van der Waals surface area (Å²) in [5.41, 5.74) is 0. The van der Waals surface area contributed by atoms with Gasteiger partial charge in [0.05, 0.1) is 6.07 Å². The van der Waals surface area contributed by atoms with Crippen molar-refractivity contribution < 1.29 is 4.92 Å². The molecule has 7 heteroatoms. The van der Waals surface area contributed by atoms with Crippen molar-refractivity contribution in [1.29, 1.82) is 0 Å². The quantitative estimate of drug-likeness (QED) is 0.645. The summed E-state index contributed by atoms with van der Waals surface area (Å²) < 4.78 is 1.40. The number of nitrogens with zero attached hydrogens (tertiary/aromatic N) is 3. The Morgan fingerprint density at radius 3 is 2.94 bits per heavy atom. The van der Waals surface area contributed by atoms with E-state index >= 15 is 0 Å². The number of nitrogens with one attached hydrogen (secondary N) is 1. The third-order valence-electron chi connectivity index (χ3n) is 2.81. The first-order chi connectivity index (χ1) is 7.66. The van der Waals surface area contributed by atoms with Crippen molar-refractivity contribution in [3.63, 3.8) is 0 Å². The molecule has 1 aromatic rings. The van der Waals surface area contributed by atoms with E-state index in [1.54, 1.807) is 0 Å². The van der Waals surface area contributed by atoms with Gasteiger partial charge in [-0.05, 0) is 30.9 Å². The summed E-state index contributed by atoms with van der Waals surface area (Å²) in [5, 5.41) is 18.1. The molecule has 88 valence electrons. The summed E-state index contributed by atoms with van der Waals surface area (Å²) in [6.07, 6.45) is 2.04. The number of nitro groups is 1. The Kier molecular flexibility index (Phi) is 3.40. The van der Waals surface area contributed by atoms with E-state index < -0.39 is 4.92 Å². The zero-order chi connectivity index (χ0) is 11.5. The van der Waals surface area contributed by atoms with Gasteiger partial charge in [-0.25, -0.2) is 0 Å². The highest BCUT2D eigenvalue weighted by molar-refractivity contribution is 6.29. The lowest BCUT2D eigenvalue weighted by atomic mass is 9.98. The molecule has 16 heavy (non-hydrogen) atoms. The van der Waals surface area contributed by atoms with E-state index in [2.05, 4.69) is 10.4 Å². The summed E-state index contributed by atoms with van der Waals surface area (Å²) in [5.74, 6) is 0.416. The second-order valence-electron chi connectivity index (χ2n) is 3.96. The zero-order valence-electron chi connectivity index (χ0n) is 8.73. The molecule has 1 aliphatic heterocycles. The standard InChI is InChI=1S/C9H13ClN4O2/c10-8-5-9(14(15)16)13(12-8)6-7-1-3-11-4-2-7/h5,7,11H,1-4,6H2. The van der Waals surface area contributed by atoms with Crippen molar-refractivity contribution in [2.75, 3.05) is 13.1 Å². The minimum Gasteiger partial charge on any atom is -0.358 e. The van der Waals surface area contributed by atoms with Crippen LogP contribution in [0.2, 0.25) is 5.15 Å². The molecule has 0 atom stereocenters. The van der Waals surface area contributed by atoms with Gasteiger partial charge in [0.25, 0.3) is 0 Å². The Labute approximate surface area is 97.7 Å². The predicted octanol–water partition coefficient (Wildman–Crippen LogP) is 1.44. The normalized spacial score (nSPS) is 17.6. The summed E-state index contributed by atoms with van der Waals surface area (Å²) >= 11 is 5.68. The number of piperidine rings is 1. The Morgan fingerprint density at radius 2 is 2.31 bits per heavy atom. The molecule has 0 spiro atoms. The van der Waals surface area contributed by atoms with Crippen LogP contribution < -0.4 is 5.32 Å². The van der Waals surface area contributed by atoms with E-state index in [1.165, 1.54) is 10.7 Å². The molecule has 0 bridgehead atoms. The van der Waals surface area contributed by atoms with Gasteiger partial charge in [0, 0.05) is 5.92 Å². The fourth-order valence-corrected chi connectivity index (χ4v) is 2.16. The Morgan fingerprint density at radius 1 is 1.62 bits per heavy atom. The molecule has 0 aromatic carbocycles. The van der Waals surface area contributed by atoms with Gasteiger partial charge in [-0.3, -0.25) is 0 Å². The maximum Gasteiger partial charge on any atom is 0.346 e. The summed E-state index contributed by atoms with van der Waals surface area (Å²) in [7, 11) is 0. The highest BCUT2D eigenvalue weighted by Gasteiger charge is 2.22. The van der Waals surface area contributed by atoms with Crippen molar-refractivity contribution in [1.82, 2.24) is 15.1 Å². The molecule has 6 nitrogen and oxygen atoms in total. The highest BCUT2D eigenvalue weighted by Crippen LogP contribution is 2.21. The van der Waals surface area contributed by atoms with Gasteiger partial charge < -0.3 is 15.4 Å². The first-order valence-electron chi connectivity index (χ1n) is 5.25. The molecule has 1 aliphatic rings. The van der Waals surface area contributed by atoms with Crippen molar-refractivity contribution >= 4 is 17.4 Å². The lowest BCUT2D eigenvalue weighted by Crippen LogP contribution is -2.30. The zero-order valence-corrected chi connectivity index (χ0v) is 9.48. The molecule has 0 aliphatic carbocycles. The highest BCUT2D eigenvalue weighted by atomic mass is 35.5. The van der Waals surface area contributed by atoms with E-state index in [0.717, 1.165) is 25.9 Å². The van der Waals surface area contributed by atoms with E-state index in [-0.39, 0.29) is 11.0 Å². The molecule has 0 amide bonds. The topological polar surface area (TPSA) is 73.0 Å². The molecule has 0 radical (unpaired) electrons. The number of halogens is 1. The molecule has 1 fully saturated rings. The Balaban J connectivity index is 2.10. The summed E-state index contributed by atoms with van der Waals surface area (Å²) in [6.45, 7) is 2.51. The third kappa shape index (κ3) is 2.51. The first-order valence-corrected chi connectivity index (χ1v) is 5.63. The molecule has 2 heterocycles. The monoisotopic (exact) mass is 244 g/mol. The smallest absolute Gasteiger partial charge is 0.346 e. The fraction of sp³-hybridized carbons (Fsp3) is 0.667. The van der Waals surface area contributed by atoms with Crippen LogP contribution in [0.4, 0.5) is 5.82 Å². The van der Waals surface area contributed by atoms with E-state index in [4.69, 9.17) is 11.6 Å². The molecule has 2 rings (SSSR count). The number of hydrogen-bond donors (Lipinski definition) is 1.